The summed E-state index contributed by atoms with van der Waals surface area (Å²) in [7, 11) is 0. The number of nitrogens with zero attached hydrogens (tertiary/aromatic N) is 3. The van der Waals surface area contributed by atoms with Crippen LogP contribution >= 0.6 is 0 Å². The number of carbonyl (C=O) groups is 1. The second-order valence-corrected chi connectivity index (χ2v) is 7.24. The zero-order valence-corrected chi connectivity index (χ0v) is 16.0. The van der Waals surface area contributed by atoms with Gasteiger partial charge in [-0.3, -0.25) is 14.7 Å². The van der Waals surface area contributed by atoms with Crippen LogP contribution in [0.25, 0.3) is 0 Å². The predicted octanol–water partition coefficient (Wildman–Crippen LogP) is 3.63. The highest BCUT2D eigenvalue weighted by Crippen LogP contribution is 2.18. The first-order chi connectivity index (χ1) is 13.8. The summed E-state index contributed by atoms with van der Waals surface area (Å²) in [5, 5.41) is 0. The molecule has 2 heterocycles. The molecule has 4 rings (SSSR count). The van der Waals surface area contributed by atoms with Crippen molar-refractivity contribution in [3.8, 4) is 0 Å². The Bertz CT molecular complexity index is 903. The standard InChI is InChI=1S/C24H25N3O/c28-24(23-9-5-4-8-22(23)18-20-6-2-1-3-7-20)27-16-14-26(15-17-27)19-21-10-12-25-13-11-21/h1-13H,14-19H2. The molecule has 1 aliphatic rings. The molecule has 1 fully saturated rings. The Kier molecular flexibility index (Phi) is 5.78. The molecular weight excluding hydrogens is 346 g/mol. The number of benzene rings is 2. The van der Waals surface area contributed by atoms with Gasteiger partial charge in [-0.15, -0.1) is 0 Å². The van der Waals surface area contributed by atoms with Crippen molar-refractivity contribution in [1.82, 2.24) is 14.8 Å². The summed E-state index contributed by atoms with van der Waals surface area (Å²) in [4.78, 5) is 21.6. The van der Waals surface area contributed by atoms with Crippen molar-refractivity contribution in [1.29, 1.82) is 0 Å². The predicted molar refractivity (Wildman–Crippen MR) is 111 cm³/mol. The van der Waals surface area contributed by atoms with E-state index in [2.05, 4.69) is 40.2 Å². The summed E-state index contributed by atoms with van der Waals surface area (Å²) >= 11 is 0. The van der Waals surface area contributed by atoms with E-state index in [1.165, 1.54) is 11.1 Å². The van der Waals surface area contributed by atoms with Gasteiger partial charge in [0.2, 0.25) is 0 Å². The minimum Gasteiger partial charge on any atom is -0.336 e. The number of amides is 1. The molecule has 0 aliphatic carbocycles. The van der Waals surface area contributed by atoms with E-state index in [1.807, 2.05) is 53.7 Å². The summed E-state index contributed by atoms with van der Waals surface area (Å²) in [5.41, 5.74) is 4.42. The summed E-state index contributed by atoms with van der Waals surface area (Å²) in [6.45, 7) is 4.24. The molecule has 1 aliphatic heterocycles. The molecule has 1 amide bonds. The molecule has 4 nitrogen and oxygen atoms in total. The number of hydrogen-bond acceptors (Lipinski definition) is 3. The minimum absolute atomic E-state index is 0.148. The molecule has 0 saturated carbocycles. The van der Waals surface area contributed by atoms with E-state index in [0.29, 0.717) is 0 Å². The van der Waals surface area contributed by atoms with Crippen LogP contribution in [0.3, 0.4) is 0 Å². The van der Waals surface area contributed by atoms with E-state index >= 15 is 0 Å². The van der Waals surface area contributed by atoms with Gasteiger partial charge in [0.15, 0.2) is 0 Å². The van der Waals surface area contributed by atoms with E-state index in [9.17, 15) is 4.79 Å². The molecule has 4 heteroatoms. The van der Waals surface area contributed by atoms with Crippen LogP contribution in [-0.2, 0) is 13.0 Å². The van der Waals surface area contributed by atoms with Gasteiger partial charge in [0, 0.05) is 50.7 Å². The molecule has 0 spiro atoms. The maximum atomic E-state index is 13.2. The minimum atomic E-state index is 0.148. The highest BCUT2D eigenvalue weighted by Gasteiger charge is 2.23. The smallest absolute Gasteiger partial charge is 0.254 e. The van der Waals surface area contributed by atoms with Crippen LogP contribution in [0.2, 0.25) is 0 Å². The highest BCUT2D eigenvalue weighted by atomic mass is 16.2. The summed E-state index contributed by atoms with van der Waals surface area (Å²) in [5.74, 6) is 0.148. The molecule has 1 aromatic heterocycles. The van der Waals surface area contributed by atoms with E-state index < -0.39 is 0 Å². The van der Waals surface area contributed by atoms with Crippen LogP contribution in [0.1, 0.15) is 27.0 Å². The van der Waals surface area contributed by atoms with Gasteiger partial charge in [0.25, 0.3) is 5.91 Å². The van der Waals surface area contributed by atoms with Crippen LogP contribution in [0.4, 0.5) is 0 Å². The van der Waals surface area contributed by atoms with Crippen LogP contribution in [0.5, 0.6) is 0 Å². The normalized spacial score (nSPS) is 14.8. The Morgan fingerprint density at radius 1 is 0.786 bits per heavy atom. The van der Waals surface area contributed by atoms with Gasteiger partial charge in [-0.1, -0.05) is 48.5 Å². The summed E-state index contributed by atoms with van der Waals surface area (Å²) in [6, 6.07) is 22.4. The van der Waals surface area contributed by atoms with Crippen molar-refractivity contribution >= 4 is 5.91 Å². The quantitative estimate of drug-likeness (QED) is 0.687. The maximum Gasteiger partial charge on any atom is 0.254 e. The van der Waals surface area contributed by atoms with E-state index in [4.69, 9.17) is 0 Å². The largest absolute Gasteiger partial charge is 0.336 e. The lowest BCUT2D eigenvalue weighted by molar-refractivity contribution is 0.0627. The molecule has 142 valence electrons. The fraction of sp³-hybridized carbons (Fsp3) is 0.250. The molecule has 1 saturated heterocycles. The van der Waals surface area contributed by atoms with E-state index in [1.54, 1.807) is 0 Å². The molecule has 28 heavy (non-hydrogen) atoms. The second-order valence-electron chi connectivity index (χ2n) is 7.24. The fourth-order valence-electron chi connectivity index (χ4n) is 3.72. The van der Waals surface area contributed by atoms with Gasteiger partial charge in [0.05, 0.1) is 0 Å². The van der Waals surface area contributed by atoms with Crippen LogP contribution in [0.15, 0.2) is 79.1 Å². The molecule has 3 aromatic rings. The van der Waals surface area contributed by atoms with Crippen molar-refractivity contribution in [3.05, 3.63) is 101 Å². The second kappa shape index (κ2) is 8.81. The highest BCUT2D eigenvalue weighted by molar-refractivity contribution is 5.95. The van der Waals surface area contributed by atoms with Crippen LogP contribution in [-0.4, -0.2) is 46.9 Å². The van der Waals surface area contributed by atoms with E-state index in [0.717, 1.165) is 50.3 Å². The number of rotatable bonds is 5. The third kappa shape index (κ3) is 4.46. The average molecular weight is 371 g/mol. The fourth-order valence-corrected chi connectivity index (χ4v) is 3.72. The van der Waals surface area contributed by atoms with Gasteiger partial charge in [-0.05, 0) is 41.3 Å². The Balaban J connectivity index is 1.40. The van der Waals surface area contributed by atoms with Gasteiger partial charge >= 0.3 is 0 Å². The lowest BCUT2D eigenvalue weighted by Crippen LogP contribution is -2.48. The topological polar surface area (TPSA) is 36.4 Å². The monoisotopic (exact) mass is 371 g/mol. The van der Waals surface area contributed by atoms with Crippen molar-refractivity contribution in [3.63, 3.8) is 0 Å². The molecule has 0 atom stereocenters. The molecule has 0 bridgehead atoms. The van der Waals surface area contributed by atoms with Gasteiger partial charge < -0.3 is 4.90 Å². The average Bonchev–Trinajstić information content (AvgIpc) is 2.76. The maximum absolute atomic E-state index is 13.2. The van der Waals surface area contributed by atoms with Crippen LogP contribution in [0, 0.1) is 0 Å². The Morgan fingerprint density at radius 2 is 1.46 bits per heavy atom. The van der Waals surface area contributed by atoms with Crippen LogP contribution < -0.4 is 0 Å². The lowest BCUT2D eigenvalue weighted by atomic mass is 9.99. The number of piperazine rings is 1. The van der Waals surface area contributed by atoms with Crippen molar-refractivity contribution in [2.24, 2.45) is 0 Å². The number of carbonyl (C=O) groups excluding carboxylic acids is 1. The number of aromatic nitrogens is 1. The lowest BCUT2D eigenvalue weighted by Gasteiger charge is -2.35. The first-order valence-corrected chi connectivity index (χ1v) is 9.82. The Morgan fingerprint density at radius 3 is 2.21 bits per heavy atom. The molecule has 0 radical (unpaired) electrons. The summed E-state index contributed by atoms with van der Waals surface area (Å²) in [6.07, 6.45) is 4.45. The number of pyridine rings is 1. The third-order valence-corrected chi connectivity index (χ3v) is 5.30. The Hall–Kier alpha value is -2.98. The van der Waals surface area contributed by atoms with Gasteiger partial charge in [-0.2, -0.15) is 0 Å². The first-order valence-electron chi connectivity index (χ1n) is 9.82. The first kappa shape index (κ1) is 18.4. The Labute approximate surface area is 166 Å². The van der Waals surface area contributed by atoms with Gasteiger partial charge in [0.1, 0.15) is 0 Å². The van der Waals surface area contributed by atoms with Crippen molar-refractivity contribution < 1.29 is 4.79 Å². The van der Waals surface area contributed by atoms with Gasteiger partial charge in [-0.25, -0.2) is 0 Å². The third-order valence-electron chi connectivity index (χ3n) is 5.30. The summed E-state index contributed by atoms with van der Waals surface area (Å²) < 4.78 is 0. The molecule has 0 unspecified atom stereocenters. The molecular formula is C24H25N3O. The SMILES string of the molecule is O=C(c1ccccc1Cc1ccccc1)N1CCN(Cc2ccncc2)CC1. The van der Waals surface area contributed by atoms with Crippen molar-refractivity contribution in [2.45, 2.75) is 13.0 Å². The molecule has 0 N–H and O–H groups in total. The number of hydrogen-bond donors (Lipinski definition) is 0. The molecule has 2 aromatic carbocycles. The van der Waals surface area contributed by atoms with E-state index in [-0.39, 0.29) is 5.91 Å². The zero-order chi connectivity index (χ0) is 19.2. The van der Waals surface area contributed by atoms with Crippen molar-refractivity contribution in [2.75, 3.05) is 26.2 Å². The zero-order valence-electron chi connectivity index (χ0n) is 16.0.